The van der Waals surface area contributed by atoms with Crippen molar-refractivity contribution in [1.82, 2.24) is 4.57 Å². The van der Waals surface area contributed by atoms with Gasteiger partial charge in [-0.3, -0.25) is 0 Å². The highest BCUT2D eigenvalue weighted by atomic mass is 16.3. The zero-order valence-electron chi connectivity index (χ0n) is 9.80. The molecule has 0 atom stereocenters. The second kappa shape index (κ2) is 3.81. The molecule has 0 spiro atoms. The number of phenols is 2. The molecule has 1 aromatic heterocycles. The van der Waals surface area contributed by atoms with Crippen LogP contribution in [0.15, 0.2) is 49.1 Å². The van der Waals surface area contributed by atoms with Crippen LogP contribution in [-0.2, 0) is 6.54 Å². The molecule has 2 N–H and O–H groups in total. The largest absolute Gasteiger partial charge is 0.508 e. The summed E-state index contributed by atoms with van der Waals surface area (Å²) in [6.07, 6.45) is 1.83. The minimum Gasteiger partial charge on any atom is -0.508 e. The van der Waals surface area contributed by atoms with E-state index >= 15 is 0 Å². The molecule has 0 aliphatic heterocycles. The second-order valence-corrected chi connectivity index (χ2v) is 4.30. The van der Waals surface area contributed by atoms with Crippen LogP contribution in [0.2, 0.25) is 0 Å². The number of hydrogen-bond acceptors (Lipinski definition) is 2. The minimum absolute atomic E-state index is 0.225. The van der Waals surface area contributed by atoms with E-state index in [9.17, 15) is 10.2 Å². The van der Waals surface area contributed by atoms with Crippen molar-refractivity contribution in [2.75, 3.05) is 0 Å². The van der Waals surface area contributed by atoms with Gasteiger partial charge < -0.3 is 14.8 Å². The molecule has 2 aromatic carbocycles. The SMILES string of the molecule is C=CCn1c2ccc(O)cc2c2cc(O)ccc21. The summed E-state index contributed by atoms with van der Waals surface area (Å²) in [5.74, 6) is 0.451. The lowest BCUT2D eigenvalue weighted by atomic mass is 10.1. The lowest BCUT2D eigenvalue weighted by Gasteiger charge is -2.03. The van der Waals surface area contributed by atoms with E-state index in [1.807, 2.05) is 18.2 Å². The summed E-state index contributed by atoms with van der Waals surface area (Å²) in [6, 6.07) is 10.5. The topological polar surface area (TPSA) is 45.4 Å². The minimum atomic E-state index is 0.225. The highest BCUT2D eigenvalue weighted by molar-refractivity contribution is 6.09. The molecular weight excluding hydrogens is 226 g/mol. The first-order valence-electron chi connectivity index (χ1n) is 5.75. The molecule has 0 fully saturated rings. The summed E-state index contributed by atoms with van der Waals surface area (Å²) in [6.45, 7) is 4.45. The average Bonchev–Trinajstić information content (AvgIpc) is 2.64. The third kappa shape index (κ3) is 1.44. The second-order valence-electron chi connectivity index (χ2n) is 4.30. The van der Waals surface area contributed by atoms with Crippen molar-refractivity contribution in [3.05, 3.63) is 49.1 Å². The normalized spacial score (nSPS) is 11.1. The molecule has 0 bridgehead atoms. The number of rotatable bonds is 2. The molecule has 1 heterocycles. The van der Waals surface area contributed by atoms with E-state index in [2.05, 4.69) is 11.1 Å². The Morgan fingerprint density at radius 1 is 0.944 bits per heavy atom. The van der Waals surface area contributed by atoms with Crippen LogP contribution in [0.1, 0.15) is 0 Å². The monoisotopic (exact) mass is 239 g/mol. The predicted octanol–water partition coefficient (Wildman–Crippen LogP) is 3.39. The van der Waals surface area contributed by atoms with Crippen molar-refractivity contribution in [2.45, 2.75) is 6.54 Å². The van der Waals surface area contributed by atoms with E-state index in [-0.39, 0.29) is 11.5 Å². The zero-order valence-corrected chi connectivity index (χ0v) is 9.80. The Balaban J connectivity index is 2.52. The summed E-state index contributed by atoms with van der Waals surface area (Å²) in [5, 5.41) is 21.1. The van der Waals surface area contributed by atoms with Gasteiger partial charge in [-0.25, -0.2) is 0 Å². The van der Waals surface area contributed by atoms with E-state index in [4.69, 9.17) is 0 Å². The van der Waals surface area contributed by atoms with Crippen LogP contribution >= 0.6 is 0 Å². The van der Waals surface area contributed by atoms with Crippen LogP contribution in [-0.4, -0.2) is 14.8 Å². The maximum Gasteiger partial charge on any atom is 0.116 e. The van der Waals surface area contributed by atoms with Crippen LogP contribution in [0, 0.1) is 0 Å². The Morgan fingerprint density at radius 2 is 1.44 bits per heavy atom. The number of phenolic OH excluding ortho intramolecular Hbond substituents is 2. The Labute approximate surface area is 104 Å². The first-order chi connectivity index (χ1) is 8.70. The summed E-state index contributed by atoms with van der Waals surface area (Å²) < 4.78 is 2.11. The van der Waals surface area contributed by atoms with Crippen LogP contribution < -0.4 is 0 Å². The zero-order chi connectivity index (χ0) is 12.7. The molecule has 0 aliphatic carbocycles. The van der Waals surface area contributed by atoms with Gasteiger partial charge in [-0.15, -0.1) is 6.58 Å². The van der Waals surface area contributed by atoms with Crippen LogP contribution in [0.3, 0.4) is 0 Å². The fraction of sp³-hybridized carbons (Fsp3) is 0.0667. The van der Waals surface area contributed by atoms with Crippen molar-refractivity contribution in [1.29, 1.82) is 0 Å². The number of aromatic nitrogens is 1. The summed E-state index contributed by atoms with van der Waals surface area (Å²) >= 11 is 0. The van der Waals surface area contributed by atoms with Crippen molar-refractivity contribution >= 4 is 21.8 Å². The fourth-order valence-electron chi connectivity index (χ4n) is 2.41. The summed E-state index contributed by atoms with van der Waals surface area (Å²) in [7, 11) is 0. The van der Waals surface area contributed by atoms with E-state index in [0.717, 1.165) is 21.8 Å². The third-order valence-corrected chi connectivity index (χ3v) is 3.14. The van der Waals surface area contributed by atoms with Gasteiger partial charge >= 0.3 is 0 Å². The molecule has 0 saturated heterocycles. The average molecular weight is 239 g/mol. The number of benzene rings is 2. The number of fused-ring (bicyclic) bond motifs is 3. The lowest BCUT2D eigenvalue weighted by Crippen LogP contribution is -1.93. The molecule has 3 heteroatoms. The van der Waals surface area contributed by atoms with Gasteiger partial charge in [0.25, 0.3) is 0 Å². The van der Waals surface area contributed by atoms with Crippen LogP contribution in [0.4, 0.5) is 0 Å². The van der Waals surface area contributed by atoms with E-state index in [0.29, 0.717) is 6.54 Å². The van der Waals surface area contributed by atoms with E-state index < -0.39 is 0 Å². The predicted molar refractivity (Wildman–Crippen MR) is 73.0 cm³/mol. The van der Waals surface area contributed by atoms with E-state index in [1.54, 1.807) is 24.3 Å². The summed E-state index contributed by atoms with van der Waals surface area (Å²) in [5.41, 5.74) is 2.04. The standard InChI is InChI=1S/C15H13NO2/c1-2-7-16-14-5-3-10(17)8-12(14)13-9-11(18)4-6-15(13)16/h2-6,8-9,17-18H,1,7H2. The third-order valence-electron chi connectivity index (χ3n) is 3.14. The van der Waals surface area contributed by atoms with Crippen molar-refractivity contribution in [3.8, 4) is 11.5 Å². The highest BCUT2D eigenvalue weighted by Crippen LogP contribution is 2.33. The number of aromatic hydroxyl groups is 2. The van der Waals surface area contributed by atoms with Gasteiger partial charge in [-0.1, -0.05) is 6.08 Å². The first-order valence-corrected chi connectivity index (χ1v) is 5.75. The maximum atomic E-state index is 9.61. The molecule has 3 rings (SSSR count). The van der Waals surface area contributed by atoms with Gasteiger partial charge in [0.2, 0.25) is 0 Å². The summed E-state index contributed by atoms with van der Waals surface area (Å²) in [4.78, 5) is 0. The molecule has 3 aromatic rings. The van der Waals surface area contributed by atoms with Gasteiger partial charge in [-0.2, -0.15) is 0 Å². The first kappa shape index (κ1) is 10.7. The van der Waals surface area contributed by atoms with E-state index in [1.165, 1.54) is 0 Å². The molecule has 90 valence electrons. The maximum absolute atomic E-state index is 9.61. The number of allylic oxidation sites excluding steroid dienone is 1. The van der Waals surface area contributed by atoms with Gasteiger partial charge in [0.1, 0.15) is 11.5 Å². The fourth-order valence-corrected chi connectivity index (χ4v) is 2.41. The van der Waals surface area contributed by atoms with Gasteiger partial charge in [0.05, 0.1) is 0 Å². The number of hydrogen-bond donors (Lipinski definition) is 2. The van der Waals surface area contributed by atoms with Crippen molar-refractivity contribution in [3.63, 3.8) is 0 Å². The van der Waals surface area contributed by atoms with Gasteiger partial charge in [0.15, 0.2) is 0 Å². The smallest absolute Gasteiger partial charge is 0.116 e. The quantitative estimate of drug-likeness (QED) is 0.673. The molecule has 0 radical (unpaired) electrons. The van der Waals surface area contributed by atoms with Gasteiger partial charge in [0, 0.05) is 28.4 Å². The Bertz CT molecular complexity index is 697. The van der Waals surface area contributed by atoms with Crippen molar-refractivity contribution in [2.24, 2.45) is 0 Å². The number of nitrogens with zero attached hydrogens (tertiary/aromatic N) is 1. The van der Waals surface area contributed by atoms with Crippen molar-refractivity contribution < 1.29 is 10.2 Å². The lowest BCUT2D eigenvalue weighted by molar-refractivity contribution is 0.475. The molecule has 0 unspecified atom stereocenters. The highest BCUT2D eigenvalue weighted by Gasteiger charge is 2.10. The molecule has 3 nitrogen and oxygen atoms in total. The molecule has 18 heavy (non-hydrogen) atoms. The molecule has 0 amide bonds. The Morgan fingerprint density at radius 3 is 1.89 bits per heavy atom. The van der Waals surface area contributed by atoms with Crippen LogP contribution in [0.25, 0.3) is 21.8 Å². The molecular formula is C15H13NO2. The molecule has 0 saturated carbocycles. The van der Waals surface area contributed by atoms with Gasteiger partial charge in [-0.05, 0) is 36.4 Å². The Hall–Kier alpha value is -2.42. The Kier molecular flexibility index (Phi) is 2.27. The van der Waals surface area contributed by atoms with Crippen LogP contribution in [0.5, 0.6) is 11.5 Å². The molecule has 0 aliphatic rings.